The number of hydrogen-bond donors (Lipinski definition) is 5. The zero-order valence-corrected chi connectivity index (χ0v) is 21.4. The second-order valence-corrected chi connectivity index (χ2v) is 8.99. The lowest BCUT2D eigenvalue weighted by atomic mass is 10.2. The van der Waals surface area contributed by atoms with Gasteiger partial charge in [0.1, 0.15) is 0 Å². The summed E-state index contributed by atoms with van der Waals surface area (Å²) >= 11 is 22.0. The Morgan fingerprint density at radius 1 is 1.00 bits per heavy atom. The van der Waals surface area contributed by atoms with E-state index in [0.717, 1.165) is 44.5 Å². The van der Waals surface area contributed by atoms with Crippen molar-refractivity contribution in [2.45, 2.75) is 45.4 Å². The Morgan fingerprint density at radius 3 is 2.25 bits per heavy atom. The zero-order valence-electron chi connectivity index (χ0n) is 18.1. The van der Waals surface area contributed by atoms with Crippen molar-refractivity contribution in [1.29, 1.82) is 0 Å². The second-order valence-electron chi connectivity index (χ2n) is 7.40. The summed E-state index contributed by atoms with van der Waals surface area (Å²) in [5.74, 6) is -0.618. The highest BCUT2D eigenvalue weighted by molar-refractivity contribution is 7.82. The highest BCUT2D eigenvalue weighted by Gasteiger charge is 2.49. The molecule has 3 rings (SSSR count). The van der Waals surface area contributed by atoms with Gasteiger partial charge in [-0.3, -0.25) is 0 Å². The molecule has 0 radical (unpaired) electrons. The quantitative estimate of drug-likeness (QED) is 0.235. The number of aromatic amines is 2. The van der Waals surface area contributed by atoms with Crippen molar-refractivity contribution in [3.05, 3.63) is 39.9 Å². The van der Waals surface area contributed by atoms with Crippen LogP contribution in [0.5, 0.6) is 0 Å². The van der Waals surface area contributed by atoms with Gasteiger partial charge in [0.2, 0.25) is 10.7 Å². The van der Waals surface area contributed by atoms with E-state index in [9.17, 15) is 0 Å². The van der Waals surface area contributed by atoms with Gasteiger partial charge in [0.05, 0.1) is 0 Å². The minimum atomic E-state index is -1.03. The van der Waals surface area contributed by atoms with E-state index in [1.165, 1.54) is 0 Å². The monoisotopic (exact) mass is 508 g/mol. The normalized spacial score (nSPS) is 18.4. The average molecular weight is 509 g/mol. The maximum Gasteiger partial charge on any atom is 0.261 e. The van der Waals surface area contributed by atoms with Crippen LogP contribution in [0.4, 0.5) is 11.6 Å². The molecule has 2 heterocycles. The molecule has 1 aromatic carbocycles. The van der Waals surface area contributed by atoms with Gasteiger partial charge in [0, 0.05) is 18.8 Å². The first-order chi connectivity index (χ1) is 15.4. The number of H-pyrrole nitrogens is 2. The van der Waals surface area contributed by atoms with Crippen LogP contribution in [0, 0.1) is 9.54 Å². The van der Waals surface area contributed by atoms with Gasteiger partial charge >= 0.3 is 0 Å². The molecule has 1 aliphatic rings. The van der Waals surface area contributed by atoms with Crippen molar-refractivity contribution in [2.24, 2.45) is 0 Å². The number of thiocarbonyl (C=S) groups is 2. The largest absolute Gasteiger partial charge is 0.332 e. The highest BCUT2D eigenvalue weighted by Crippen LogP contribution is 2.28. The molecule has 1 aromatic heterocycles. The molecule has 12 heteroatoms. The molecule has 0 aliphatic carbocycles. The van der Waals surface area contributed by atoms with E-state index in [4.69, 9.17) is 48.9 Å². The van der Waals surface area contributed by atoms with Crippen LogP contribution in [0.1, 0.15) is 39.5 Å². The summed E-state index contributed by atoms with van der Waals surface area (Å²) in [7, 11) is 0. The fourth-order valence-electron chi connectivity index (χ4n) is 3.53. The summed E-state index contributed by atoms with van der Waals surface area (Å²) in [6.45, 7) is 5.97. The number of nitrogens with one attached hydrogen (secondary N) is 5. The Balaban J connectivity index is 2.22. The molecule has 1 atom stereocenters. The third-order valence-corrected chi connectivity index (χ3v) is 5.90. The number of benzene rings is 1. The van der Waals surface area contributed by atoms with Gasteiger partial charge in [-0.2, -0.15) is 4.98 Å². The first-order valence-corrected chi connectivity index (χ1v) is 12.2. The van der Waals surface area contributed by atoms with Gasteiger partial charge in [-0.1, -0.05) is 44.9 Å². The minimum absolute atomic E-state index is 0.266. The Kier molecular flexibility index (Phi) is 8.65. The minimum Gasteiger partial charge on any atom is -0.332 e. The number of para-hydroxylation sites is 1. The van der Waals surface area contributed by atoms with E-state index in [1.54, 1.807) is 0 Å². The Hall–Kier alpha value is -1.99. The first kappa shape index (κ1) is 24.6. The molecule has 1 fully saturated rings. The van der Waals surface area contributed by atoms with Crippen molar-refractivity contribution < 1.29 is 0 Å². The number of hydrogen-bond acceptors (Lipinski definition) is 7. The number of anilines is 2. The van der Waals surface area contributed by atoms with Crippen LogP contribution in [-0.2, 0) is 0 Å². The molecule has 1 aliphatic heterocycles. The topological polar surface area (TPSA) is 87.0 Å². The molecule has 172 valence electrons. The van der Waals surface area contributed by atoms with E-state index in [0.29, 0.717) is 20.9 Å². The summed E-state index contributed by atoms with van der Waals surface area (Å²) in [4.78, 5) is 14.6. The predicted molar refractivity (Wildman–Crippen MR) is 143 cm³/mol. The maximum atomic E-state index is 5.76. The van der Waals surface area contributed by atoms with Crippen molar-refractivity contribution in [1.82, 2.24) is 30.5 Å². The molecular formula is C20H28N8S4. The fraction of sp³-hybridized carbons (Fsp3) is 0.450. The summed E-state index contributed by atoms with van der Waals surface area (Å²) in [6.07, 6.45) is 4.11. The summed E-state index contributed by atoms with van der Waals surface area (Å²) < 4.78 is 0.625. The first-order valence-electron chi connectivity index (χ1n) is 10.6. The molecule has 8 nitrogen and oxygen atoms in total. The third kappa shape index (κ3) is 5.67. The van der Waals surface area contributed by atoms with E-state index in [1.807, 2.05) is 35.2 Å². The van der Waals surface area contributed by atoms with Crippen LogP contribution in [0.2, 0.25) is 0 Å². The Labute approximate surface area is 209 Å². The summed E-state index contributed by atoms with van der Waals surface area (Å²) in [6, 6.07) is 9.93. The molecule has 0 saturated carbocycles. The van der Waals surface area contributed by atoms with Crippen LogP contribution in [0.25, 0.3) is 0 Å². The summed E-state index contributed by atoms with van der Waals surface area (Å²) in [5, 5.41) is 11.0. The molecule has 0 spiro atoms. The van der Waals surface area contributed by atoms with Crippen LogP contribution < -0.4 is 20.9 Å². The SMILES string of the molecule is CCCCN(CCCC)C1(Nc2ccccc2)NC(=S)NC(=S)N1c1nc(=S)[nH]c(=S)[nH]1. The van der Waals surface area contributed by atoms with Crippen molar-refractivity contribution in [2.75, 3.05) is 23.3 Å². The molecular weight excluding hydrogens is 481 g/mol. The number of rotatable bonds is 10. The molecule has 1 unspecified atom stereocenters. The van der Waals surface area contributed by atoms with E-state index in [2.05, 4.69) is 49.6 Å². The van der Waals surface area contributed by atoms with E-state index < -0.39 is 5.91 Å². The fourth-order valence-corrected chi connectivity index (χ4v) is 4.59. The second kappa shape index (κ2) is 11.2. The molecule has 0 bridgehead atoms. The zero-order chi connectivity index (χ0) is 23.1. The van der Waals surface area contributed by atoms with E-state index >= 15 is 0 Å². The van der Waals surface area contributed by atoms with Crippen molar-refractivity contribution in [3.63, 3.8) is 0 Å². The van der Waals surface area contributed by atoms with Crippen molar-refractivity contribution in [3.8, 4) is 0 Å². The molecule has 5 N–H and O–H groups in total. The Bertz CT molecular complexity index is 1020. The standard InChI is InChI=1S/C20H28N8S4/c1-3-5-12-27(13-6-4-2)20(25-14-10-8-7-9-11-14)26-18(31)24-19(32)28(20)15-21-16(29)23-17(30)22-15/h7-11,25H,3-6,12-13H2,1-2H3,(H2,24,26,31,32)(H2,21,22,23,29,30). The average Bonchev–Trinajstić information content (AvgIpc) is 2.73. The van der Waals surface area contributed by atoms with Gasteiger partial charge in [0.25, 0.3) is 5.91 Å². The lowest BCUT2D eigenvalue weighted by Crippen LogP contribution is -2.82. The Morgan fingerprint density at radius 2 is 1.66 bits per heavy atom. The van der Waals surface area contributed by atoms with Gasteiger partial charge in [-0.25, -0.2) is 9.80 Å². The third-order valence-electron chi connectivity index (χ3n) is 5.01. The van der Waals surface area contributed by atoms with Crippen LogP contribution in [-0.4, -0.2) is 49.1 Å². The number of aromatic nitrogens is 3. The lowest BCUT2D eigenvalue weighted by molar-refractivity contribution is 0.0969. The number of nitrogens with zero attached hydrogens (tertiary/aromatic N) is 3. The van der Waals surface area contributed by atoms with Gasteiger partial charge in [-0.05, 0) is 73.8 Å². The van der Waals surface area contributed by atoms with Crippen molar-refractivity contribution >= 4 is 70.7 Å². The van der Waals surface area contributed by atoms with Crippen LogP contribution in [0.3, 0.4) is 0 Å². The maximum absolute atomic E-state index is 5.76. The summed E-state index contributed by atoms with van der Waals surface area (Å²) in [5.41, 5.74) is 0.898. The number of unbranched alkanes of at least 4 members (excludes halogenated alkanes) is 2. The van der Waals surface area contributed by atoms with Gasteiger partial charge < -0.3 is 25.9 Å². The molecule has 2 aromatic rings. The van der Waals surface area contributed by atoms with Gasteiger partial charge in [-0.15, -0.1) is 0 Å². The molecule has 0 amide bonds. The van der Waals surface area contributed by atoms with Crippen LogP contribution in [0.15, 0.2) is 30.3 Å². The molecule has 1 saturated heterocycles. The molecule has 32 heavy (non-hydrogen) atoms. The predicted octanol–water partition coefficient (Wildman–Crippen LogP) is 4.39. The highest BCUT2D eigenvalue weighted by atomic mass is 32.1. The van der Waals surface area contributed by atoms with E-state index in [-0.39, 0.29) is 4.77 Å². The smallest absolute Gasteiger partial charge is 0.261 e. The van der Waals surface area contributed by atoms with Crippen LogP contribution >= 0.6 is 48.9 Å². The lowest BCUT2D eigenvalue weighted by Gasteiger charge is -2.54. The van der Waals surface area contributed by atoms with Gasteiger partial charge in [0.15, 0.2) is 15.0 Å².